The van der Waals surface area contributed by atoms with Crippen LogP contribution >= 0.6 is 0 Å². The van der Waals surface area contributed by atoms with E-state index in [1.807, 2.05) is 6.07 Å². The average molecular weight is 435 g/mol. The first-order valence-electron chi connectivity index (χ1n) is 11.3. The largest absolute Gasteiger partial charge is 0.496 e. The van der Waals surface area contributed by atoms with Gasteiger partial charge < -0.3 is 19.5 Å². The zero-order valence-corrected chi connectivity index (χ0v) is 18.5. The molecule has 7 nitrogen and oxygen atoms in total. The SMILES string of the molecule is COc1ccc2ccccc2c1CN1CCOC[C@]2(CC[C@H](CNc3ncccn3)O2)C1. The van der Waals surface area contributed by atoms with Crippen molar-refractivity contribution in [1.82, 2.24) is 14.9 Å². The monoisotopic (exact) mass is 434 g/mol. The molecule has 3 aromatic rings. The van der Waals surface area contributed by atoms with Gasteiger partial charge in [-0.3, -0.25) is 4.90 Å². The van der Waals surface area contributed by atoms with Gasteiger partial charge in [0.1, 0.15) is 11.4 Å². The number of hydrogen-bond acceptors (Lipinski definition) is 7. The molecule has 2 saturated heterocycles. The first-order valence-corrected chi connectivity index (χ1v) is 11.3. The summed E-state index contributed by atoms with van der Waals surface area (Å²) in [7, 11) is 1.74. The maximum atomic E-state index is 6.59. The first-order chi connectivity index (χ1) is 15.7. The fourth-order valence-electron chi connectivity index (χ4n) is 4.87. The number of ether oxygens (including phenoxy) is 3. The second-order valence-electron chi connectivity index (χ2n) is 8.65. The van der Waals surface area contributed by atoms with E-state index in [1.54, 1.807) is 19.5 Å². The second-order valence-corrected chi connectivity index (χ2v) is 8.65. The van der Waals surface area contributed by atoms with Crippen LogP contribution in [0.5, 0.6) is 5.75 Å². The number of aromatic nitrogens is 2. The Kier molecular flexibility index (Phi) is 6.21. The van der Waals surface area contributed by atoms with E-state index in [2.05, 4.69) is 56.6 Å². The van der Waals surface area contributed by atoms with Crippen molar-refractivity contribution in [3.63, 3.8) is 0 Å². The lowest BCUT2D eigenvalue weighted by atomic mass is 9.98. The van der Waals surface area contributed by atoms with Crippen molar-refractivity contribution in [3.05, 3.63) is 60.4 Å². The number of fused-ring (bicyclic) bond motifs is 1. The van der Waals surface area contributed by atoms with Gasteiger partial charge in [0.05, 0.1) is 26.4 Å². The highest BCUT2D eigenvalue weighted by molar-refractivity contribution is 5.87. The zero-order chi connectivity index (χ0) is 21.8. The van der Waals surface area contributed by atoms with E-state index in [-0.39, 0.29) is 11.7 Å². The van der Waals surface area contributed by atoms with Crippen molar-refractivity contribution < 1.29 is 14.2 Å². The predicted molar refractivity (Wildman–Crippen MR) is 124 cm³/mol. The minimum absolute atomic E-state index is 0.120. The molecular weight excluding hydrogens is 404 g/mol. The lowest BCUT2D eigenvalue weighted by molar-refractivity contribution is -0.0826. The Labute approximate surface area is 188 Å². The Morgan fingerprint density at radius 1 is 1.16 bits per heavy atom. The van der Waals surface area contributed by atoms with Crippen LogP contribution in [0.4, 0.5) is 5.95 Å². The van der Waals surface area contributed by atoms with Gasteiger partial charge in [-0.1, -0.05) is 30.3 Å². The molecule has 2 aliphatic rings. The van der Waals surface area contributed by atoms with Crippen LogP contribution in [0.15, 0.2) is 54.9 Å². The van der Waals surface area contributed by atoms with Crippen LogP contribution in [-0.4, -0.2) is 66.5 Å². The fraction of sp³-hybridized carbons (Fsp3) is 0.440. The highest BCUT2D eigenvalue weighted by Gasteiger charge is 2.43. The van der Waals surface area contributed by atoms with Gasteiger partial charge in [-0.2, -0.15) is 0 Å². The molecule has 168 valence electrons. The quantitative estimate of drug-likeness (QED) is 0.637. The number of rotatable bonds is 6. The average Bonchev–Trinajstić information content (AvgIpc) is 3.12. The van der Waals surface area contributed by atoms with E-state index in [9.17, 15) is 0 Å². The molecule has 2 aliphatic heterocycles. The van der Waals surface area contributed by atoms with Crippen molar-refractivity contribution in [2.75, 3.05) is 45.3 Å². The van der Waals surface area contributed by atoms with E-state index < -0.39 is 0 Å². The number of anilines is 1. The Hall–Kier alpha value is -2.74. The highest BCUT2D eigenvalue weighted by Crippen LogP contribution is 2.35. The topological polar surface area (TPSA) is 68.7 Å². The van der Waals surface area contributed by atoms with Gasteiger partial charge in [0, 0.05) is 44.1 Å². The third kappa shape index (κ3) is 4.55. The van der Waals surface area contributed by atoms with Crippen LogP contribution < -0.4 is 10.1 Å². The van der Waals surface area contributed by atoms with Gasteiger partial charge in [-0.05, 0) is 35.7 Å². The molecule has 0 unspecified atom stereocenters. The molecule has 32 heavy (non-hydrogen) atoms. The summed E-state index contributed by atoms with van der Waals surface area (Å²) < 4.78 is 18.3. The van der Waals surface area contributed by atoms with Gasteiger partial charge in [-0.25, -0.2) is 9.97 Å². The summed E-state index contributed by atoms with van der Waals surface area (Å²) in [6.07, 6.45) is 5.58. The number of benzene rings is 2. The molecule has 5 rings (SSSR count). The molecule has 2 aromatic carbocycles. The Bertz CT molecular complexity index is 1050. The van der Waals surface area contributed by atoms with Gasteiger partial charge >= 0.3 is 0 Å². The van der Waals surface area contributed by atoms with Crippen LogP contribution in [0, 0.1) is 0 Å². The molecule has 2 fully saturated rings. The lowest BCUT2D eigenvalue weighted by Gasteiger charge is -2.32. The Balaban J connectivity index is 1.29. The van der Waals surface area contributed by atoms with Gasteiger partial charge in [0.15, 0.2) is 0 Å². The molecule has 3 heterocycles. The first kappa shape index (κ1) is 21.1. The smallest absolute Gasteiger partial charge is 0.222 e. The molecule has 0 radical (unpaired) electrons. The Morgan fingerprint density at radius 3 is 2.91 bits per heavy atom. The van der Waals surface area contributed by atoms with Crippen molar-refractivity contribution >= 4 is 16.7 Å². The van der Waals surface area contributed by atoms with Gasteiger partial charge in [-0.15, -0.1) is 0 Å². The normalized spacial score (nSPS) is 24.0. The second kappa shape index (κ2) is 9.40. The van der Waals surface area contributed by atoms with Crippen molar-refractivity contribution in [1.29, 1.82) is 0 Å². The third-order valence-corrected chi connectivity index (χ3v) is 6.42. The minimum atomic E-state index is -0.280. The standard InChI is InChI=1S/C25H30N4O3/c1-30-23-8-7-19-5-2-3-6-21(19)22(23)16-29-13-14-31-18-25(17-29)10-9-20(32-25)15-28-24-26-11-4-12-27-24/h2-8,11-12,20H,9-10,13-18H2,1H3,(H,26,27,28)/t20-,25+/m1/s1. The summed E-state index contributed by atoms with van der Waals surface area (Å²) >= 11 is 0. The molecule has 2 atom stereocenters. The number of hydrogen-bond donors (Lipinski definition) is 1. The molecule has 0 saturated carbocycles. The molecular formula is C25H30N4O3. The van der Waals surface area contributed by atoms with E-state index in [0.717, 1.165) is 38.2 Å². The van der Waals surface area contributed by atoms with E-state index in [4.69, 9.17) is 14.2 Å². The van der Waals surface area contributed by atoms with Crippen molar-refractivity contribution in [2.24, 2.45) is 0 Å². The minimum Gasteiger partial charge on any atom is -0.496 e. The molecule has 0 amide bonds. The van der Waals surface area contributed by atoms with Crippen LogP contribution in [0.1, 0.15) is 18.4 Å². The molecule has 1 aromatic heterocycles. The molecule has 0 bridgehead atoms. The van der Waals surface area contributed by atoms with E-state index in [0.29, 0.717) is 25.7 Å². The van der Waals surface area contributed by atoms with Crippen LogP contribution in [-0.2, 0) is 16.0 Å². The molecule has 7 heteroatoms. The molecule has 0 aliphatic carbocycles. The lowest BCUT2D eigenvalue weighted by Crippen LogP contribution is -2.44. The summed E-state index contributed by atoms with van der Waals surface area (Å²) in [5.41, 5.74) is 0.943. The number of nitrogens with one attached hydrogen (secondary N) is 1. The van der Waals surface area contributed by atoms with E-state index in [1.165, 1.54) is 16.3 Å². The van der Waals surface area contributed by atoms with Gasteiger partial charge in [0.25, 0.3) is 0 Å². The van der Waals surface area contributed by atoms with Crippen molar-refractivity contribution in [2.45, 2.75) is 31.1 Å². The zero-order valence-electron chi connectivity index (χ0n) is 18.5. The van der Waals surface area contributed by atoms with Crippen LogP contribution in [0.3, 0.4) is 0 Å². The summed E-state index contributed by atoms with van der Waals surface area (Å²) in [6.45, 7) is 4.56. The molecule has 1 N–H and O–H groups in total. The maximum Gasteiger partial charge on any atom is 0.222 e. The summed E-state index contributed by atoms with van der Waals surface area (Å²) in [6, 6.07) is 14.5. The predicted octanol–water partition coefficient (Wildman–Crippen LogP) is 3.50. The Morgan fingerprint density at radius 2 is 2.03 bits per heavy atom. The fourth-order valence-corrected chi connectivity index (χ4v) is 4.87. The third-order valence-electron chi connectivity index (χ3n) is 6.42. The van der Waals surface area contributed by atoms with Gasteiger partial charge in [0.2, 0.25) is 5.95 Å². The molecule has 1 spiro atoms. The summed E-state index contributed by atoms with van der Waals surface area (Å²) in [5, 5.41) is 5.76. The number of methoxy groups -OCH3 is 1. The van der Waals surface area contributed by atoms with Crippen LogP contribution in [0.25, 0.3) is 10.8 Å². The van der Waals surface area contributed by atoms with E-state index >= 15 is 0 Å². The van der Waals surface area contributed by atoms with Crippen molar-refractivity contribution in [3.8, 4) is 5.75 Å². The maximum absolute atomic E-state index is 6.59. The highest BCUT2D eigenvalue weighted by atomic mass is 16.6. The van der Waals surface area contributed by atoms with Crippen LogP contribution in [0.2, 0.25) is 0 Å². The summed E-state index contributed by atoms with van der Waals surface area (Å²) in [4.78, 5) is 10.9. The summed E-state index contributed by atoms with van der Waals surface area (Å²) in [5.74, 6) is 1.57. The number of nitrogens with zero attached hydrogens (tertiary/aromatic N) is 3.